The molecule has 7 heteroatoms. The maximum absolute atomic E-state index is 5.66. The van der Waals surface area contributed by atoms with E-state index in [1.165, 1.54) is 11.1 Å². The Kier molecular flexibility index (Phi) is 5.85. The fourth-order valence-electron chi connectivity index (χ4n) is 4.25. The number of aromatic amines is 1. The fourth-order valence-corrected chi connectivity index (χ4v) is 4.25. The minimum Gasteiger partial charge on any atom is -0.496 e. The van der Waals surface area contributed by atoms with E-state index in [0.717, 1.165) is 59.6 Å². The van der Waals surface area contributed by atoms with Gasteiger partial charge in [0.1, 0.15) is 11.6 Å². The molecule has 0 fully saturated rings. The molecule has 0 aliphatic rings. The number of aryl methyl sites for hydroxylation is 1. The Balaban J connectivity index is 1.50. The van der Waals surface area contributed by atoms with E-state index in [4.69, 9.17) is 9.72 Å². The van der Waals surface area contributed by atoms with E-state index in [1.54, 1.807) is 7.11 Å². The zero-order valence-electron chi connectivity index (χ0n) is 18.8. The van der Waals surface area contributed by atoms with Crippen LogP contribution in [0.4, 0.5) is 0 Å². The molecule has 7 nitrogen and oxygen atoms in total. The van der Waals surface area contributed by atoms with Crippen LogP contribution in [-0.4, -0.2) is 37.3 Å². The Morgan fingerprint density at radius 2 is 1.82 bits per heavy atom. The third-order valence-corrected chi connectivity index (χ3v) is 5.90. The molecule has 0 bridgehead atoms. The van der Waals surface area contributed by atoms with Crippen LogP contribution in [0.25, 0.3) is 33.5 Å². The molecule has 5 rings (SSSR count). The minimum atomic E-state index is 0.540. The Morgan fingerprint density at radius 3 is 2.58 bits per heavy atom. The molecule has 0 amide bonds. The van der Waals surface area contributed by atoms with E-state index in [2.05, 4.69) is 74.6 Å². The van der Waals surface area contributed by atoms with Gasteiger partial charge in [-0.1, -0.05) is 61.9 Å². The number of nitrogens with one attached hydrogen (secondary N) is 1. The molecule has 0 radical (unpaired) electrons. The zero-order valence-corrected chi connectivity index (χ0v) is 18.8. The van der Waals surface area contributed by atoms with Gasteiger partial charge in [-0.2, -0.15) is 5.21 Å². The maximum atomic E-state index is 5.66. The van der Waals surface area contributed by atoms with Gasteiger partial charge in [-0.3, -0.25) is 0 Å². The Bertz CT molecular complexity index is 1360. The molecule has 166 valence electrons. The van der Waals surface area contributed by atoms with Crippen LogP contribution in [0.5, 0.6) is 5.75 Å². The molecule has 0 spiro atoms. The van der Waals surface area contributed by atoms with Crippen molar-refractivity contribution in [3.05, 3.63) is 78.1 Å². The van der Waals surface area contributed by atoms with Crippen LogP contribution in [0.15, 0.2) is 66.7 Å². The van der Waals surface area contributed by atoms with Gasteiger partial charge in [0.2, 0.25) is 5.82 Å². The lowest BCUT2D eigenvalue weighted by Crippen LogP contribution is -2.05. The van der Waals surface area contributed by atoms with Gasteiger partial charge >= 0.3 is 0 Å². The molecular formula is C26H26N6O. The first-order valence-electron chi connectivity index (χ1n) is 11.2. The number of fused-ring (bicyclic) bond motifs is 1. The van der Waals surface area contributed by atoms with Crippen molar-refractivity contribution < 1.29 is 4.74 Å². The van der Waals surface area contributed by atoms with Crippen LogP contribution in [0.1, 0.15) is 31.2 Å². The highest BCUT2D eigenvalue weighted by molar-refractivity contribution is 5.85. The number of rotatable bonds is 8. The number of nitrogens with zero attached hydrogens (tertiary/aromatic N) is 5. The van der Waals surface area contributed by atoms with Gasteiger partial charge in [0.05, 0.1) is 18.1 Å². The number of H-pyrrole nitrogens is 1. The lowest BCUT2D eigenvalue weighted by atomic mass is 9.97. The molecule has 0 aliphatic heterocycles. The van der Waals surface area contributed by atoms with Gasteiger partial charge in [-0.25, -0.2) is 4.98 Å². The second kappa shape index (κ2) is 9.24. The molecule has 0 saturated carbocycles. The van der Waals surface area contributed by atoms with E-state index in [0.29, 0.717) is 5.82 Å². The molecule has 0 unspecified atom stereocenters. The summed E-state index contributed by atoms with van der Waals surface area (Å²) in [7, 11) is 1.68. The molecule has 2 aromatic heterocycles. The molecule has 0 aliphatic carbocycles. The Hall–Kier alpha value is -4.00. The van der Waals surface area contributed by atoms with Crippen molar-refractivity contribution in [2.45, 2.75) is 32.7 Å². The quantitative estimate of drug-likeness (QED) is 0.356. The summed E-state index contributed by atoms with van der Waals surface area (Å²) in [5.74, 6) is 2.46. The Morgan fingerprint density at radius 1 is 0.970 bits per heavy atom. The van der Waals surface area contributed by atoms with Gasteiger partial charge in [0.25, 0.3) is 0 Å². The van der Waals surface area contributed by atoms with Gasteiger partial charge in [-0.15, -0.1) is 10.2 Å². The average Bonchev–Trinajstić information content (AvgIpc) is 3.51. The van der Waals surface area contributed by atoms with E-state index in [9.17, 15) is 0 Å². The SMILES string of the molecule is CCCCc1nc2ccccc2n1Cc1ccc(-c2c(OC)cccc2-c2nn[nH]n2)cc1. The second-order valence-electron chi connectivity index (χ2n) is 8.02. The number of ether oxygens (including phenoxy) is 1. The molecular weight excluding hydrogens is 412 g/mol. The number of imidazole rings is 1. The number of benzene rings is 3. The molecule has 0 atom stereocenters. The second-order valence-corrected chi connectivity index (χ2v) is 8.02. The molecule has 5 aromatic rings. The van der Waals surface area contributed by atoms with Crippen molar-refractivity contribution in [3.8, 4) is 28.3 Å². The number of hydrogen-bond acceptors (Lipinski definition) is 5. The normalized spacial score (nSPS) is 11.2. The van der Waals surface area contributed by atoms with Gasteiger partial charge < -0.3 is 9.30 Å². The summed E-state index contributed by atoms with van der Waals surface area (Å²) < 4.78 is 8.00. The molecule has 33 heavy (non-hydrogen) atoms. The Labute approximate surface area is 192 Å². The highest BCUT2D eigenvalue weighted by Gasteiger charge is 2.16. The van der Waals surface area contributed by atoms with Crippen LogP contribution in [0.2, 0.25) is 0 Å². The number of aromatic nitrogens is 6. The molecule has 3 aromatic carbocycles. The van der Waals surface area contributed by atoms with Crippen molar-refractivity contribution in [2.24, 2.45) is 0 Å². The minimum absolute atomic E-state index is 0.540. The predicted octanol–water partition coefficient (Wildman–Crippen LogP) is 5.28. The molecule has 1 N–H and O–H groups in total. The van der Waals surface area contributed by atoms with Crippen molar-refractivity contribution in [1.29, 1.82) is 0 Å². The van der Waals surface area contributed by atoms with Gasteiger partial charge in [0, 0.05) is 24.1 Å². The van der Waals surface area contributed by atoms with Crippen LogP contribution >= 0.6 is 0 Å². The molecule has 2 heterocycles. The number of hydrogen-bond donors (Lipinski definition) is 1. The fraction of sp³-hybridized carbons (Fsp3) is 0.231. The summed E-state index contributed by atoms with van der Waals surface area (Å²) in [5.41, 5.74) is 6.31. The van der Waals surface area contributed by atoms with Gasteiger partial charge in [0.15, 0.2) is 0 Å². The number of methoxy groups -OCH3 is 1. The zero-order chi connectivity index (χ0) is 22.6. The van der Waals surface area contributed by atoms with E-state index in [-0.39, 0.29) is 0 Å². The van der Waals surface area contributed by atoms with Crippen molar-refractivity contribution in [1.82, 2.24) is 30.2 Å². The summed E-state index contributed by atoms with van der Waals surface area (Å²) in [5, 5.41) is 14.6. The smallest absolute Gasteiger partial charge is 0.205 e. The lowest BCUT2D eigenvalue weighted by Gasteiger charge is -2.14. The highest BCUT2D eigenvalue weighted by atomic mass is 16.5. The maximum Gasteiger partial charge on any atom is 0.205 e. The summed E-state index contributed by atoms with van der Waals surface area (Å²) in [6, 6.07) is 22.8. The number of unbranched alkanes of at least 4 members (excludes halogenated alkanes) is 1. The van der Waals surface area contributed by atoms with Crippen molar-refractivity contribution >= 4 is 11.0 Å². The number of para-hydroxylation sites is 2. The van der Waals surface area contributed by atoms with E-state index < -0.39 is 0 Å². The molecule has 0 saturated heterocycles. The first-order chi connectivity index (χ1) is 16.3. The van der Waals surface area contributed by atoms with Crippen LogP contribution in [-0.2, 0) is 13.0 Å². The average molecular weight is 439 g/mol. The largest absolute Gasteiger partial charge is 0.496 e. The topological polar surface area (TPSA) is 81.5 Å². The first-order valence-corrected chi connectivity index (χ1v) is 11.2. The standard InChI is InChI=1S/C26H26N6O/c1-3-4-12-24-27-21-9-5-6-10-22(21)32(24)17-18-13-15-19(16-14-18)25-20(26-28-30-31-29-26)8-7-11-23(25)33-2/h5-11,13-16H,3-4,12,17H2,1-2H3,(H,28,29,30,31). The van der Waals surface area contributed by atoms with Crippen LogP contribution < -0.4 is 4.74 Å². The van der Waals surface area contributed by atoms with Crippen LogP contribution in [0, 0.1) is 0 Å². The predicted molar refractivity (Wildman–Crippen MR) is 129 cm³/mol. The summed E-state index contributed by atoms with van der Waals surface area (Å²) in [4.78, 5) is 4.90. The van der Waals surface area contributed by atoms with Crippen molar-refractivity contribution in [3.63, 3.8) is 0 Å². The monoisotopic (exact) mass is 438 g/mol. The highest BCUT2D eigenvalue weighted by Crippen LogP contribution is 2.37. The lowest BCUT2D eigenvalue weighted by molar-refractivity contribution is 0.416. The summed E-state index contributed by atoms with van der Waals surface area (Å²) >= 11 is 0. The third-order valence-electron chi connectivity index (χ3n) is 5.90. The van der Waals surface area contributed by atoms with Crippen LogP contribution in [0.3, 0.4) is 0 Å². The van der Waals surface area contributed by atoms with E-state index >= 15 is 0 Å². The van der Waals surface area contributed by atoms with Crippen molar-refractivity contribution in [2.75, 3.05) is 7.11 Å². The van der Waals surface area contributed by atoms with E-state index in [1.807, 2.05) is 24.3 Å². The van der Waals surface area contributed by atoms with Gasteiger partial charge in [-0.05, 0) is 41.0 Å². The number of tetrazole rings is 1. The third kappa shape index (κ3) is 4.09. The first kappa shape index (κ1) is 20.9. The summed E-state index contributed by atoms with van der Waals surface area (Å²) in [6.07, 6.45) is 3.27. The summed E-state index contributed by atoms with van der Waals surface area (Å²) in [6.45, 7) is 3.00.